The predicted octanol–water partition coefficient (Wildman–Crippen LogP) is 4.74. The lowest BCUT2D eigenvalue weighted by Crippen LogP contribution is -2.53. The number of hydrogen-bond acceptors (Lipinski definition) is 8. The van der Waals surface area contributed by atoms with Gasteiger partial charge in [0, 0.05) is 25.2 Å². The van der Waals surface area contributed by atoms with E-state index in [-0.39, 0.29) is 25.4 Å². The van der Waals surface area contributed by atoms with Crippen molar-refractivity contribution in [3.8, 4) is 0 Å². The van der Waals surface area contributed by atoms with E-state index in [1.807, 2.05) is 60.7 Å². The summed E-state index contributed by atoms with van der Waals surface area (Å²) in [6.45, 7) is 5.24. The van der Waals surface area contributed by atoms with Crippen LogP contribution in [0.3, 0.4) is 0 Å². The number of non-ortho nitro benzene ring substituents is 1. The van der Waals surface area contributed by atoms with Crippen LogP contribution >= 0.6 is 0 Å². The topological polar surface area (TPSA) is 143 Å². The lowest BCUT2D eigenvalue weighted by atomic mass is 10.0. The molecule has 0 fully saturated rings. The summed E-state index contributed by atoms with van der Waals surface area (Å²) >= 11 is 0. The van der Waals surface area contributed by atoms with Gasteiger partial charge in [0.1, 0.15) is 12.2 Å². The van der Waals surface area contributed by atoms with Gasteiger partial charge in [0.25, 0.3) is 5.69 Å². The van der Waals surface area contributed by atoms with Crippen LogP contribution < -0.4 is 10.7 Å². The zero-order chi connectivity index (χ0) is 29.8. The Balaban J connectivity index is 1.76. The predicted molar refractivity (Wildman–Crippen MR) is 153 cm³/mol. The van der Waals surface area contributed by atoms with Crippen molar-refractivity contribution in [3.63, 3.8) is 0 Å². The summed E-state index contributed by atoms with van der Waals surface area (Å²) in [6, 6.07) is 23.6. The number of nitro groups is 1. The highest BCUT2D eigenvalue weighted by Crippen LogP contribution is 2.15. The molecule has 218 valence electrons. The fourth-order valence-electron chi connectivity index (χ4n) is 3.94. The minimum absolute atomic E-state index is 0.0628. The number of carbonyl (C=O) groups is 2. The maximum atomic E-state index is 12.7. The SMILES string of the molecule is CC(C)(C)OC(=O)NN(Cc1ccc([N+](=O)[O-])cc1)CC(O)C(Cc1ccccc1)NC(=O)OCc1ccccc1. The standard InChI is InChI=1S/C30H36N4O7/c1-30(2,3)41-29(37)32-33(19-23-14-16-25(17-15-23)34(38)39)20-27(35)26(18-22-10-6-4-7-11-22)31-28(36)40-21-24-12-8-5-9-13-24/h4-17,26-27,35H,18-21H2,1-3H3,(H,31,36)(H,32,37). The molecule has 2 unspecified atom stereocenters. The molecule has 3 aromatic carbocycles. The van der Waals surface area contributed by atoms with Crippen LogP contribution in [0.15, 0.2) is 84.9 Å². The minimum atomic E-state index is -1.16. The number of benzene rings is 3. The van der Waals surface area contributed by atoms with Crippen molar-refractivity contribution in [2.45, 2.75) is 58.1 Å². The van der Waals surface area contributed by atoms with E-state index in [4.69, 9.17) is 9.47 Å². The lowest BCUT2D eigenvalue weighted by molar-refractivity contribution is -0.384. The van der Waals surface area contributed by atoms with E-state index in [1.54, 1.807) is 32.9 Å². The van der Waals surface area contributed by atoms with E-state index < -0.39 is 34.9 Å². The van der Waals surface area contributed by atoms with Crippen molar-refractivity contribution in [2.75, 3.05) is 6.54 Å². The van der Waals surface area contributed by atoms with Gasteiger partial charge in [-0.25, -0.2) is 14.6 Å². The summed E-state index contributed by atoms with van der Waals surface area (Å²) in [7, 11) is 0. The molecular formula is C30H36N4O7. The summed E-state index contributed by atoms with van der Waals surface area (Å²) in [4.78, 5) is 35.9. The van der Waals surface area contributed by atoms with Gasteiger partial charge < -0.3 is 19.9 Å². The van der Waals surface area contributed by atoms with Gasteiger partial charge in [-0.3, -0.25) is 15.5 Å². The second kappa shape index (κ2) is 14.8. The van der Waals surface area contributed by atoms with Crippen LogP contribution in [0.2, 0.25) is 0 Å². The normalized spacial score (nSPS) is 12.7. The van der Waals surface area contributed by atoms with Gasteiger partial charge in [-0.2, -0.15) is 0 Å². The average molecular weight is 565 g/mol. The number of ether oxygens (including phenoxy) is 2. The summed E-state index contributed by atoms with van der Waals surface area (Å²) in [5, 5.41) is 26.6. The van der Waals surface area contributed by atoms with Crippen LogP contribution in [0.5, 0.6) is 0 Å². The number of carbonyl (C=O) groups excluding carboxylic acids is 2. The van der Waals surface area contributed by atoms with Crippen molar-refractivity contribution < 1.29 is 29.1 Å². The van der Waals surface area contributed by atoms with Gasteiger partial charge >= 0.3 is 12.2 Å². The fraction of sp³-hybridized carbons (Fsp3) is 0.333. The monoisotopic (exact) mass is 564 g/mol. The molecule has 0 spiro atoms. The van der Waals surface area contributed by atoms with Crippen LogP contribution in [-0.4, -0.2) is 51.5 Å². The number of nitrogens with one attached hydrogen (secondary N) is 2. The molecule has 3 N–H and O–H groups in total. The Hall–Kier alpha value is -4.48. The van der Waals surface area contributed by atoms with E-state index in [9.17, 15) is 24.8 Å². The quantitative estimate of drug-likeness (QED) is 0.212. The Morgan fingerprint density at radius 1 is 0.902 bits per heavy atom. The Kier molecular flexibility index (Phi) is 11.2. The molecule has 3 aromatic rings. The summed E-state index contributed by atoms with van der Waals surface area (Å²) in [5.41, 5.74) is 4.16. The first-order valence-corrected chi connectivity index (χ1v) is 13.2. The number of rotatable bonds is 12. The fourth-order valence-corrected chi connectivity index (χ4v) is 3.94. The third kappa shape index (κ3) is 11.3. The number of aliphatic hydroxyl groups excluding tert-OH is 1. The second-order valence-corrected chi connectivity index (χ2v) is 10.5. The first-order chi connectivity index (χ1) is 19.5. The first-order valence-electron chi connectivity index (χ1n) is 13.2. The second-order valence-electron chi connectivity index (χ2n) is 10.5. The lowest BCUT2D eigenvalue weighted by Gasteiger charge is -2.31. The molecule has 11 nitrogen and oxygen atoms in total. The Bertz CT molecular complexity index is 1270. The molecule has 0 saturated heterocycles. The Morgan fingerprint density at radius 2 is 1.49 bits per heavy atom. The average Bonchev–Trinajstić information content (AvgIpc) is 2.92. The summed E-state index contributed by atoms with van der Waals surface area (Å²) in [6.07, 6.45) is -2.30. The molecule has 11 heteroatoms. The van der Waals surface area contributed by atoms with E-state index in [2.05, 4.69) is 10.7 Å². The highest BCUT2D eigenvalue weighted by molar-refractivity contribution is 5.68. The van der Waals surface area contributed by atoms with Crippen LogP contribution in [0, 0.1) is 10.1 Å². The van der Waals surface area contributed by atoms with Gasteiger partial charge in [0.15, 0.2) is 0 Å². The number of nitrogens with zero attached hydrogens (tertiary/aromatic N) is 2. The molecule has 0 bridgehead atoms. The number of hydrazine groups is 1. The molecule has 3 rings (SSSR count). The molecule has 2 amide bonds. The van der Waals surface area contributed by atoms with Crippen molar-refractivity contribution >= 4 is 17.9 Å². The molecule has 0 aliphatic heterocycles. The van der Waals surface area contributed by atoms with Crippen LogP contribution in [-0.2, 0) is 29.0 Å². The number of nitro benzene ring substituents is 1. The van der Waals surface area contributed by atoms with E-state index in [0.717, 1.165) is 11.1 Å². The van der Waals surface area contributed by atoms with Crippen LogP contribution in [0.25, 0.3) is 0 Å². The van der Waals surface area contributed by atoms with E-state index in [0.29, 0.717) is 12.0 Å². The zero-order valence-corrected chi connectivity index (χ0v) is 23.4. The molecule has 0 heterocycles. The van der Waals surface area contributed by atoms with Crippen molar-refractivity contribution in [1.29, 1.82) is 0 Å². The van der Waals surface area contributed by atoms with Gasteiger partial charge in [-0.15, -0.1) is 0 Å². The molecule has 0 aliphatic rings. The Labute approximate surface area is 239 Å². The highest BCUT2D eigenvalue weighted by atomic mass is 16.6. The van der Waals surface area contributed by atoms with Gasteiger partial charge in [-0.05, 0) is 43.9 Å². The number of aliphatic hydroxyl groups is 1. The van der Waals surface area contributed by atoms with E-state index in [1.165, 1.54) is 17.1 Å². The van der Waals surface area contributed by atoms with Crippen molar-refractivity contribution in [1.82, 2.24) is 15.8 Å². The van der Waals surface area contributed by atoms with Crippen molar-refractivity contribution in [2.24, 2.45) is 0 Å². The first kappa shape index (κ1) is 31.1. The minimum Gasteiger partial charge on any atom is -0.445 e. The molecule has 0 saturated carbocycles. The third-order valence-electron chi connectivity index (χ3n) is 5.86. The maximum absolute atomic E-state index is 12.7. The molecule has 2 atom stereocenters. The summed E-state index contributed by atoms with van der Waals surface area (Å²) < 4.78 is 10.8. The van der Waals surface area contributed by atoms with Gasteiger partial charge in [-0.1, -0.05) is 72.8 Å². The molecule has 0 radical (unpaired) electrons. The summed E-state index contributed by atoms with van der Waals surface area (Å²) in [5.74, 6) is 0. The number of hydrogen-bond donors (Lipinski definition) is 3. The third-order valence-corrected chi connectivity index (χ3v) is 5.86. The number of amides is 2. The largest absolute Gasteiger partial charge is 0.445 e. The highest BCUT2D eigenvalue weighted by Gasteiger charge is 2.27. The maximum Gasteiger partial charge on any atom is 0.422 e. The molecule has 0 aromatic heterocycles. The van der Waals surface area contributed by atoms with Gasteiger partial charge in [0.05, 0.1) is 17.1 Å². The van der Waals surface area contributed by atoms with Crippen molar-refractivity contribution in [3.05, 3.63) is 112 Å². The molecular weight excluding hydrogens is 528 g/mol. The molecule has 41 heavy (non-hydrogen) atoms. The van der Waals surface area contributed by atoms with Crippen LogP contribution in [0.1, 0.15) is 37.5 Å². The van der Waals surface area contributed by atoms with Crippen LogP contribution in [0.4, 0.5) is 15.3 Å². The zero-order valence-electron chi connectivity index (χ0n) is 23.4. The van der Waals surface area contributed by atoms with Gasteiger partial charge in [0.2, 0.25) is 0 Å². The smallest absolute Gasteiger partial charge is 0.422 e. The Morgan fingerprint density at radius 3 is 2.05 bits per heavy atom. The van der Waals surface area contributed by atoms with E-state index >= 15 is 0 Å². The number of alkyl carbamates (subject to hydrolysis) is 1. The molecule has 0 aliphatic carbocycles.